The van der Waals surface area contributed by atoms with Gasteiger partial charge in [-0.2, -0.15) is 0 Å². The molecule has 1 fully saturated rings. The highest BCUT2D eigenvalue weighted by molar-refractivity contribution is 7.92. The molecular weight excluding hydrogens is 418 g/mol. The van der Waals surface area contributed by atoms with Gasteiger partial charge in [-0.05, 0) is 68.7 Å². The van der Waals surface area contributed by atoms with Crippen molar-refractivity contribution in [3.05, 3.63) is 53.6 Å². The highest BCUT2D eigenvalue weighted by Crippen LogP contribution is 2.24. The van der Waals surface area contributed by atoms with Gasteiger partial charge in [-0.1, -0.05) is 0 Å². The van der Waals surface area contributed by atoms with Crippen LogP contribution >= 0.6 is 0 Å². The summed E-state index contributed by atoms with van der Waals surface area (Å²) in [6.45, 7) is 3.67. The number of likely N-dealkylation sites (tertiary alicyclic amines) is 1. The highest BCUT2D eigenvalue weighted by atomic mass is 32.2. The van der Waals surface area contributed by atoms with E-state index in [0.29, 0.717) is 17.8 Å². The van der Waals surface area contributed by atoms with Crippen LogP contribution in [-0.2, 0) is 10.0 Å². The Morgan fingerprint density at radius 2 is 1.71 bits per heavy atom. The summed E-state index contributed by atoms with van der Waals surface area (Å²) in [6.07, 6.45) is 3.14. The fourth-order valence-electron chi connectivity index (χ4n) is 3.46. The summed E-state index contributed by atoms with van der Waals surface area (Å²) in [7, 11) is -2.53. The number of hydrogen-bond acceptors (Lipinski definition) is 5. The van der Waals surface area contributed by atoms with Crippen LogP contribution in [0.25, 0.3) is 0 Å². The molecule has 8 nitrogen and oxygen atoms in total. The number of anilines is 1. The molecule has 166 valence electrons. The zero-order valence-corrected chi connectivity index (χ0v) is 18.5. The normalized spacial score (nSPS) is 14.1. The monoisotopic (exact) mass is 445 g/mol. The number of piperidine rings is 1. The van der Waals surface area contributed by atoms with Gasteiger partial charge in [-0.3, -0.25) is 14.3 Å². The molecule has 1 heterocycles. The van der Waals surface area contributed by atoms with Crippen LogP contribution in [0.15, 0.2) is 47.4 Å². The first kappa shape index (κ1) is 22.6. The number of carbonyl (C=O) groups is 2. The molecule has 31 heavy (non-hydrogen) atoms. The highest BCUT2D eigenvalue weighted by Gasteiger charge is 2.21. The zero-order chi connectivity index (χ0) is 22.4. The van der Waals surface area contributed by atoms with Gasteiger partial charge in [-0.15, -0.1) is 0 Å². The molecule has 0 unspecified atom stereocenters. The molecule has 2 amide bonds. The molecule has 0 saturated carbocycles. The lowest BCUT2D eigenvalue weighted by molar-refractivity contribution is 0.0724. The Balaban J connectivity index is 1.78. The number of benzene rings is 2. The first-order valence-corrected chi connectivity index (χ1v) is 11.7. The smallest absolute Gasteiger partial charge is 0.261 e. The van der Waals surface area contributed by atoms with Crippen molar-refractivity contribution in [2.24, 2.45) is 0 Å². The minimum Gasteiger partial charge on any atom is -0.496 e. The Bertz CT molecular complexity index is 1050. The number of nitrogens with one attached hydrogen (secondary N) is 2. The van der Waals surface area contributed by atoms with E-state index in [0.717, 1.165) is 32.4 Å². The predicted molar refractivity (Wildman–Crippen MR) is 118 cm³/mol. The summed E-state index contributed by atoms with van der Waals surface area (Å²) >= 11 is 0. The molecule has 2 N–H and O–H groups in total. The van der Waals surface area contributed by atoms with E-state index in [9.17, 15) is 18.0 Å². The molecule has 1 saturated heterocycles. The van der Waals surface area contributed by atoms with Crippen molar-refractivity contribution in [3.63, 3.8) is 0 Å². The van der Waals surface area contributed by atoms with Crippen LogP contribution in [0.5, 0.6) is 5.75 Å². The average molecular weight is 446 g/mol. The number of sulfonamides is 1. The van der Waals surface area contributed by atoms with Crippen molar-refractivity contribution in [2.75, 3.05) is 31.5 Å². The van der Waals surface area contributed by atoms with Crippen LogP contribution in [0.2, 0.25) is 0 Å². The van der Waals surface area contributed by atoms with Gasteiger partial charge in [0.2, 0.25) is 0 Å². The number of amides is 2. The van der Waals surface area contributed by atoms with Gasteiger partial charge < -0.3 is 15.0 Å². The van der Waals surface area contributed by atoms with Crippen LogP contribution in [0.1, 0.15) is 46.9 Å². The Morgan fingerprint density at radius 3 is 2.32 bits per heavy atom. The summed E-state index contributed by atoms with van der Waals surface area (Å²) in [5, 5.41) is 2.64. The average Bonchev–Trinajstić information content (AvgIpc) is 2.79. The standard InChI is InChI=1S/C22H27N3O5S/c1-3-23-21(26)19-15-18(11-12-20(19)30-2)31(28,29)24-17-9-7-16(8-10-17)22(27)25-13-5-4-6-14-25/h7-12,15,24H,3-6,13-14H2,1-2H3,(H,23,26). The summed E-state index contributed by atoms with van der Waals surface area (Å²) in [5.74, 6) is -0.182. The van der Waals surface area contributed by atoms with E-state index >= 15 is 0 Å². The van der Waals surface area contributed by atoms with E-state index < -0.39 is 15.9 Å². The lowest BCUT2D eigenvalue weighted by atomic mass is 10.1. The fraction of sp³-hybridized carbons (Fsp3) is 0.364. The van der Waals surface area contributed by atoms with Crippen LogP contribution in [-0.4, -0.2) is 51.9 Å². The van der Waals surface area contributed by atoms with E-state index in [2.05, 4.69) is 10.0 Å². The van der Waals surface area contributed by atoms with Gasteiger partial charge in [-0.25, -0.2) is 8.42 Å². The number of hydrogen-bond donors (Lipinski definition) is 2. The quantitative estimate of drug-likeness (QED) is 0.682. The molecule has 0 aromatic heterocycles. The Labute approximate surface area is 182 Å². The van der Waals surface area contributed by atoms with Crippen LogP contribution in [0.3, 0.4) is 0 Å². The third-order valence-electron chi connectivity index (χ3n) is 5.09. The molecule has 1 aliphatic rings. The van der Waals surface area contributed by atoms with Crippen LogP contribution < -0.4 is 14.8 Å². The lowest BCUT2D eigenvalue weighted by Gasteiger charge is -2.26. The molecule has 2 aromatic carbocycles. The minimum absolute atomic E-state index is 0.0455. The van der Waals surface area contributed by atoms with E-state index in [4.69, 9.17) is 4.74 Å². The summed E-state index contributed by atoms with van der Waals surface area (Å²) in [4.78, 5) is 26.6. The maximum Gasteiger partial charge on any atom is 0.261 e. The van der Waals surface area contributed by atoms with E-state index in [1.165, 1.54) is 25.3 Å². The van der Waals surface area contributed by atoms with Gasteiger partial charge in [0, 0.05) is 30.9 Å². The van der Waals surface area contributed by atoms with E-state index in [-0.39, 0.29) is 22.1 Å². The Morgan fingerprint density at radius 1 is 1.03 bits per heavy atom. The number of rotatable bonds is 7. The minimum atomic E-state index is -3.94. The van der Waals surface area contributed by atoms with Crippen LogP contribution in [0, 0.1) is 0 Å². The zero-order valence-electron chi connectivity index (χ0n) is 17.7. The van der Waals surface area contributed by atoms with Crippen molar-refractivity contribution < 1.29 is 22.7 Å². The van der Waals surface area contributed by atoms with Crippen molar-refractivity contribution in [1.82, 2.24) is 10.2 Å². The largest absolute Gasteiger partial charge is 0.496 e. The maximum atomic E-state index is 12.8. The van der Waals surface area contributed by atoms with Crippen LogP contribution in [0.4, 0.5) is 5.69 Å². The van der Waals surface area contributed by atoms with Crippen molar-refractivity contribution in [1.29, 1.82) is 0 Å². The van der Waals surface area contributed by atoms with Gasteiger partial charge in [0.1, 0.15) is 5.75 Å². The summed E-state index contributed by atoms with van der Waals surface area (Å²) < 4.78 is 33.3. The number of methoxy groups -OCH3 is 1. The third-order valence-corrected chi connectivity index (χ3v) is 6.47. The molecule has 9 heteroatoms. The number of nitrogens with zero attached hydrogens (tertiary/aromatic N) is 1. The van der Waals surface area contributed by atoms with E-state index in [1.54, 1.807) is 31.2 Å². The van der Waals surface area contributed by atoms with E-state index in [1.807, 2.05) is 4.90 Å². The first-order chi connectivity index (χ1) is 14.9. The second kappa shape index (κ2) is 9.82. The summed E-state index contributed by atoms with van der Waals surface area (Å²) in [5.41, 5.74) is 0.980. The molecule has 2 aromatic rings. The van der Waals surface area contributed by atoms with Gasteiger partial charge in [0.05, 0.1) is 17.6 Å². The molecule has 0 aliphatic carbocycles. The molecule has 0 bridgehead atoms. The molecule has 0 spiro atoms. The Hall–Kier alpha value is -3.07. The predicted octanol–water partition coefficient (Wildman–Crippen LogP) is 2.87. The second-order valence-electron chi connectivity index (χ2n) is 7.26. The van der Waals surface area contributed by atoms with Gasteiger partial charge in [0.15, 0.2) is 0 Å². The number of ether oxygens (including phenoxy) is 1. The molecule has 1 aliphatic heterocycles. The van der Waals surface area contributed by atoms with Gasteiger partial charge >= 0.3 is 0 Å². The first-order valence-electron chi connectivity index (χ1n) is 10.2. The molecule has 0 radical (unpaired) electrons. The summed E-state index contributed by atoms with van der Waals surface area (Å²) in [6, 6.07) is 10.4. The fourth-order valence-corrected chi connectivity index (χ4v) is 4.55. The maximum absolute atomic E-state index is 12.8. The third kappa shape index (κ3) is 5.35. The topological polar surface area (TPSA) is 105 Å². The SMILES string of the molecule is CCNC(=O)c1cc(S(=O)(=O)Nc2ccc(C(=O)N3CCCCC3)cc2)ccc1OC. The number of carbonyl (C=O) groups excluding carboxylic acids is 2. The molecule has 3 rings (SSSR count). The second-order valence-corrected chi connectivity index (χ2v) is 8.94. The Kier molecular flexibility index (Phi) is 7.17. The van der Waals surface area contributed by atoms with Crippen molar-refractivity contribution in [2.45, 2.75) is 31.1 Å². The lowest BCUT2D eigenvalue weighted by Crippen LogP contribution is -2.35. The molecular formula is C22H27N3O5S. The van der Waals surface area contributed by atoms with Gasteiger partial charge in [0.25, 0.3) is 21.8 Å². The van der Waals surface area contributed by atoms with Crippen molar-refractivity contribution >= 4 is 27.5 Å². The van der Waals surface area contributed by atoms with Crippen molar-refractivity contribution in [3.8, 4) is 5.75 Å². The molecule has 0 atom stereocenters.